The Bertz CT molecular complexity index is 814. The third kappa shape index (κ3) is 2.88. The van der Waals surface area contributed by atoms with Gasteiger partial charge in [0.05, 0.1) is 5.52 Å². The fraction of sp³-hybridized carbons (Fsp3) is 0.222. The molecule has 116 valence electrons. The third-order valence-corrected chi connectivity index (χ3v) is 4.77. The van der Waals surface area contributed by atoms with E-state index >= 15 is 0 Å². The lowest BCUT2D eigenvalue weighted by Crippen LogP contribution is -2.46. The van der Waals surface area contributed by atoms with Gasteiger partial charge in [-0.1, -0.05) is 34.1 Å². The Kier molecular flexibility index (Phi) is 3.87. The first-order valence-electron chi connectivity index (χ1n) is 7.76. The molecule has 4 rings (SSSR count). The maximum absolute atomic E-state index is 4.54. The second-order valence-corrected chi connectivity index (χ2v) is 6.58. The topological polar surface area (TPSA) is 32.3 Å². The zero-order chi connectivity index (χ0) is 15.6. The first kappa shape index (κ1) is 14.5. The fourth-order valence-corrected chi connectivity index (χ4v) is 3.44. The number of nitrogens with zero attached hydrogens (tertiary/aromatic N) is 4. The molecule has 1 aliphatic heterocycles. The number of benzene rings is 2. The van der Waals surface area contributed by atoms with E-state index in [0.29, 0.717) is 0 Å². The van der Waals surface area contributed by atoms with Gasteiger partial charge in [0.2, 0.25) is 0 Å². The molecule has 0 atom stereocenters. The van der Waals surface area contributed by atoms with Crippen LogP contribution in [-0.2, 0) is 0 Å². The van der Waals surface area contributed by atoms with E-state index in [2.05, 4.69) is 72.1 Å². The van der Waals surface area contributed by atoms with Crippen molar-refractivity contribution >= 4 is 38.3 Å². The molecule has 0 radical (unpaired) electrons. The molecule has 2 heterocycles. The summed E-state index contributed by atoms with van der Waals surface area (Å²) in [5.41, 5.74) is 2.28. The van der Waals surface area contributed by atoms with Crippen LogP contribution < -0.4 is 9.80 Å². The van der Waals surface area contributed by atoms with E-state index in [4.69, 9.17) is 0 Å². The molecule has 0 aliphatic carbocycles. The first-order valence-corrected chi connectivity index (χ1v) is 8.56. The van der Waals surface area contributed by atoms with Gasteiger partial charge in [0, 0.05) is 41.7 Å². The summed E-state index contributed by atoms with van der Waals surface area (Å²) < 4.78 is 1.06. The SMILES string of the molecule is Brc1ccc2ncnc(N3CCN(c4ccccc4)CC3)c2c1. The van der Waals surface area contributed by atoms with Gasteiger partial charge in [0.25, 0.3) is 0 Å². The van der Waals surface area contributed by atoms with Gasteiger partial charge < -0.3 is 9.80 Å². The number of anilines is 2. The Balaban J connectivity index is 1.58. The summed E-state index contributed by atoms with van der Waals surface area (Å²) in [4.78, 5) is 13.7. The van der Waals surface area contributed by atoms with Crippen molar-refractivity contribution in [2.24, 2.45) is 0 Å². The van der Waals surface area contributed by atoms with Crippen LogP contribution in [0.5, 0.6) is 0 Å². The highest BCUT2D eigenvalue weighted by Crippen LogP contribution is 2.27. The van der Waals surface area contributed by atoms with Crippen molar-refractivity contribution in [2.45, 2.75) is 0 Å². The van der Waals surface area contributed by atoms with Crippen molar-refractivity contribution in [3.05, 3.63) is 59.3 Å². The highest BCUT2D eigenvalue weighted by atomic mass is 79.9. The zero-order valence-corrected chi connectivity index (χ0v) is 14.3. The number of fused-ring (bicyclic) bond motifs is 1. The third-order valence-electron chi connectivity index (χ3n) is 4.28. The lowest BCUT2D eigenvalue weighted by molar-refractivity contribution is 0.649. The van der Waals surface area contributed by atoms with Crippen LogP contribution in [-0.4, -0.2) is 36.1 Å². The van der Waals surface area contributed by atoms with Gasteiger partial charge >= 0.3 is 0 Å². The van der Waals surface area contributed by atoms with Crippen molar-refractivity contribution in [3.8, 4) is 0 Å². The van der Waals surface area contributed by atoms with E-state index in [1.165, 1.54) is 5.69 Å². The maximum Gasteiger partial charge on any atom is 0.140 e. The number of halogens is 1. The van der Waals surface area contributed by atoms with Crippen LogP contribution in [0.3, 0.4) is 0 Å². The standard InChI is InChI=1S/C18H17BrN4/c19-14-6-7-17-16(12-14)18(21-13-20-17)23-10-8-22(9-11-23)15-4-2-1-3-5-15/h1-7,12-13H,8-11H2. The number of hydrogen-bond acceptors (Lipinski definition) is 4. The van der Waals surface area contributed by atoms with Gasteiger partial charge in [0.1, 0.15) is 12.1 Å². The average molecular weight is 369 g/mol. The Morgan fingerprint density at radius 1 is 0.826 bits per heavy atom. The molecular formula is C18H17BrN4. The van der Waals surface area contributed by atoms with Crippen LogP contribution >= 0.6 is 15.9 Å². The van der Waals surface area contributed by atoms with E-state index in [1.807, 2.05) is 12.1 Å². The monoisotopic (exact) mass is 368 g/mol. The smallest absolute Gasteiger partial charge is 0.140 e. The van der Waals surface area contributed by atoms with Crippen molar-refractivity contribution in [3.63, 3.8) is 0 Å². The quantitative estimate of drug-likeness (QED) is 0.689. The molecule has 0 saturated carbocycles. The zero-order valence-electron chi connectivity index (χ0n) is 12.7. The maximum atomic E-state index is 4.54. The van der Waals surface area contributed by atoms with Crippen LogP contribution in [0.1, 0.15) is 0 Å². The van der Waals surface area contributed by atoms with Gasteiger partial charge in [-0.25, -0.2) is 9.97 Å². The van der Waals surface area contributed by atoms with Crippen molar-refractivity contribution in [1.29, 1.82) is 0 Å². The highest BCUT2D eigenvalue weighted by Gasteiger charge is 2.20. The summed E-state index contributed by atoms with van der Waals surface area (Å²) in [6.07, 6.45) is 1.66. The molecule has 5 heteroatoms. The van der Waals surface area contributed by atoms with Crippen LogP contribution in [0.25, 0.3) is 10.9 Å². The number of para-hydroxylation sites is 1. The van der Waals surface area contributed by atoms with E-state index in [-0.39, 0.29) is 0 Å². The van der Waals surface area contributed by atoms with E-state index in [9.17, 15) is 0 Å². The molecule has 2 aromatic carbocycles. The summed E-state index contributed by atoms with van der Waals surface area (Å²) >= 11 is 3.55. The number of aromatic nitrogens is 2. The molecule has 0 bridgehead atoms. The van der Waals surface area contributed by atoms with Gasteiger partial charge in [0.15, 0.2) is 0 Å². The molecule has 0 spiro atoms. The van der Waals surface area contributed by atoms with Crippen LogP contribution in [0.2, 0.25) is 0 Å². The fourth-order valence-electron chi connectivity index (χ4n) is 3.08. The van der Waals surface area contributed by atoms with E-state index in [0.717, 1.165) is 47.4 Å². The van der Waals surface area contributed by atoms with Gasteiger partial charge in [-0.2, -0.15) is 0 Å². The first-order chi connectivity index (χ1) is 11.3. The summed E-state index contributed by atoms with van der Waals surface area (Å²) in [6, 6.07) is 16.8. The lowest BCUT2D eigenvalue weighted by Gasteiger charge is -2.37. The predicted octanol–water partition coefficient (Wildman–Crippen LogP) is 3.72. The molecule has 1 fully saturated rings. The van der Waals surface area contributed by atoms with Crippen LogP contribution in [0, 0.1) is 0 Å². The summed E-state index contributed by atoms with van der Waals surface area (Å²) in [5, 5.41) is 1.11. The van der Waals surface area contributed by atoms with Crippen molar-refractivity contribution in [1.82, 2.24) is 9.97 Å². The van der Waals surface area contributed by atoms with Crippen molar-refractivity contribution < 1.29 is 0 Å². The van der Waals surface area contributed by atoms with E-state index < -0.39 is 0 Å². The molecule has 1 aromatic heterocycles. The van der Waals surface area contributed by atoms with Crippen molar-refractivity contribution in [2.75, 3.05) is 36.0 Å². The predicted molar refractivity (Wildman–Crippen MR) is 98.1 cm³/mol. The minimum atomic E-state index is 0.966. The molecule has 1 aliphatic rings. The second-order valence-electron chi connectivity index (χ2n) is 5.67. The molecule has 0 unspecified atom stereocenters. The molecular weight excluding hydrogens is 352 g/mol. The largest absolute Gasteiger partial charge is 0.368 e. The Labute approximate surface area is 143 Å². The van der Waals surface area contributed by atoms with Gasteiger partial charge in [-0.15, -0.1) is 0 Å². The minimum Gasteiger partial charge on any atom is -0.368 e. The van der Waals surface area contributed by atoms with Gasteiger partial charge in [-0.05, 0) is 30.3 Å². The average Bonchev–Trinajstić information content (AvgIpc) is 2.62. The second kappa shape index (κ2) is 6.16. The summed E-state index contributed by atoms with van der Waals surface area (Å²) in [5.74, 6) is 1.03. The lowest BCUT2D eigenvalue weighted by atomic mass is 10.2. The highest BCUT2D eigenvalue weighted by molar-refractivity contribution is 9.10. The van der Waals surface area contributed by atoms with E-state index in [1.54, 1.807) is 6.33 Å². The normalized spacial score (nSPS) is 15.2. The number of hydrogen-bond donors (Lipinski definition) is 0. The Morgan fingerprint density at radius 2 is 1.57 bits per heavy atom. The van der Waals surface area contributed by atoms with Crippen LogP contribution in [0.15, 0.2) is 59.3 Å². The molecule has 0 N–H and O–H groups in total. The molecule has 4 nitrogen and oxygen atoms in total. The van der Waals surface area contributed by atoms with Gasteiger partial charge in [-0.3, -0.25) is 0 Å². The summed E-state index contributed by atoms with van der Waals surface area (Å²) in [7, 11) is 0. The Morgan fingerprint density at radius 3 is 2.35 bits per heavy atom. The molecule has 1 saturated heterocycles. The molecule has 23 heavy (non-hydrogen) atoms. The Hall–Kier alpha value is -2.14. The molecule has 0 amide bonds. The minimum absolute atomic E-state index is 0.966. The number of rotatable bonds is 2. The number of piperazine rings is 1. The molecule has 3 aromatic rings. The van der Waals surface area contributed by atoms with Crippen LogP contribution in [0.4, 0.5) is 11.5 Å². The summed E-state index contributed by atoms with van der Waals surface area (Å²) in [6.45, 7) is 3.94.